The first kappa shape index (κ1) is 12.3. The third-order valence-electron chi connectivity index (χ3n) is 2.08. The Kier molecular flexibility index (Phi) is 8.14. The second kappa shape index (κ2) is 7.93. The van der Waals surface area contributed by atoms with E-state index >= 15 is 0 Å². The number of nitrogens with one attached hydrogen (secondary N) is 1. The molecule has 0 spiro atoms. The Morgan fingerprint density at radius 2 is 1.75 bits per heavy atom. The molecule has 1 unspecified atom stereocenters. The predicted octanol–water partition coefficient (Wildman–Crippen LogP) is 2.91. The largest absolute Gasteiger partial charge is 0.311 e. The van der Waals surface area contributed by atoms with Crippen LogP contribution in [-0.2, 0) is 0 Å². The SMILES string of the molecule is CCSCC(C)NC(CC)CC. The van der Waals surface area contributed by atoms with Crippen molar-refractivity contribution in [3.63, 3.8) is 0 Å². The van der Waals surface area contributed by atoms with Crippen molar-refractivity contribution >= 4 is 11.8 Å². The molecule has 0 aliphatic rings. The van der Waals surface area contributed by atoms with Crippen LogP contribution in [0.2, 0.25) is 0 Å². The van der Waals surface area contributed by atoms with E-state index in [1.54, 1.807) is 0 Å². The molecule has 0 rings (SSSR count). The molecule has 0 saturated heterocycles. The van der Waals surface area contributed by atoms with Crippen molar-refractivity contribution in [2.75, 3.05) is 11.5 Å². The number of thioether (sulfide) groups is 1. The smallest absolute Gasteiger partial charge is 0.0132 e. The fraction of sp³-hybridized carbons (Fsp3) is 1.00. The highest BCUT2D eigenvalue weighted by Gasteiger charge is 2.06. The van der Waals surface area contributed by atoms with E-state index in [2.05, 4.69) is 33.0 Å². The van der Waals surface area contributed by atoms with Gasteiger partial charge in [0.1, 0.15) is 0 Å². The van der Waals surface area contributed by atoms with Crippen LogP contribution in [0.5, 0.6) is 0 Å². The lowest BCUT2D eigenvalue weighted by Crippen LogP contribution is -2.37. The molecule has 1 nitrogen and oxygen atoms in total. The summed E-state index contributed by atoms with van der Waals surface area (Å²) < 4.78 is 0. The molecule has 0 aliphatic carbocycles. The lowest BCUT2D eigenvalue weighted by molar-refractivity contribution is 0.444. The number of hydrogen-bond donors (Lipinski definition) is 1. The third kappa shape index (κ3) is 5.90. The van der Waals surface area contributed by atoms with Gasteiger partial charge in [0, 0.05) is 17.8 Å². The number of hydrogen-bond acceptors (Lipinski definition) is 2. The van der Waals surface area contributed by atoms with E-state index in [0.29, 0.717) is 6.04 Å². The van der Waals surface area contributed by atoms with Crippen molar-refractivity contribution in [3.8, 4) is 0 Å². The van der Waals surface area contributed by atoms with Gasteiger partial charge in [-0.15, -0.1) is 0 Å². The topological polar surface area (TPSA) is 12.0 Å². The maximum Gasteiger partial charge on any atom is 0.0132 e. The lowest BCUT2D eigenvalue weighted by Gasteiger charge is -2.20. The predicted molar refractivity (Wildman–Crippen MR) is 60.0 cm³/mol. The fourth-order valence-electron chi connectivity index (χ4n) is 1.27. The first-order valence-electron chi connectivity index (χ1n) is 5.08. The molecule has 0 saturated carbocycles. The summed E-state index contributed by atoms with van der Waals surface area (Å²) in [4.78, 5) is 0. The molecule has 0 amide bonds. The second-order valence-corrected chi connectivity index (χ2v) is 4.56. The molecule has 1 N–H and O–H groups in total. The molecule has 0 radical (unpaired) electrons. The average Bonchev–Trinajstić information content (AvgIpc) is 2.10. The molecular weight excluding hydrogens is 166 g/mol. The maximum absolute atomic E-state index is 3.63. The maximum atomic E-state index is 3.63. The molecule has 74 valence electrons. The summed E-state index contributed by atoms with van der Waals surface area (Å²) in [5.74, 6) is 2.47. The van der Waals surface area contributed by atoms with Crippen molar-refractivity contribution in [3.05, 3.63) is 0 Å². The van der Waals surface area contributed by atoms with Gasteiger partial charge in [-0.05, 0) is 25.5 Å². The van der Waals surface area contributed by atoms with Crippen molar-refractivity contribution in [2.24, 2.45) is 0 Å². The van der Waals surface area contributed by atoms with Gasteiger partial charge in [-0.1, -0.05) is 20.8 Å². The molecule has 0 aromatic heterocycles. The molecule has 0 aromatic carbocycles. The van der Waals surface area contributed by atoms with Crippen molar-refractivity contribution in [2.45, 2.75) is 52.6 Å². The van der Waals surface area contributed by atoms with E-state index in [9.17, 15) is 0 Å². The Hall–Kier alpha value is 0.310. The second-order valence-electron chi connectivity index (χ2n) is 3.24. The van der Waals surface area contributed by atoms with E-state index in [1.807, 2.05) is 11.8 Å². The van der Waals surface area contributed by atoms with Crippen LogP contribution in [0.3, 0.4) is 0 Å². The quantitative estimate of drug-likeness (QED) is 0.661. The van der Waals surface area contributed by atoms with Crippen molar-refractivity contribution in [1.29, 1.82) is 0 Å². The Bertz CT molecular complexity index is 91.8. The van der Waals surface area contributed by atoms with Crippen molar-refractivity contribution < 1.29 is 0 Å². The Morgan fingerprint density at radius 3 is 2.17 bits per heavy atom. The lowest BCUT2D eigenvalue weighted by atomic mass is 10.1. The third-order valence-corrected chi connectivity index (χ3v) is 3.22. The Labute approximate surface area is 81.7 Å². The van der Waals surface area contributed by atoms with Gasteiger partial charge >= 0.3 is 0 Å². The molecule has 2 heteroatoms. The van der Waals surface area contributed by atoms with Gasteiger partial charge in [-0.3, -0.25) is 0 Å². The van der Waals surface area contributed by atoms with E-state index < -0.39 is 0 Å². The van der Waals surface area contributed by atoms with Crippen LogP contribution in [0.25, 0.3) is 0 Å². The summed E-state index contributed by atoms with van der Waals surface area (Å²) >= 11 is 2.02. The van der Waals surface area contributed by atoms with Gasteiger partial charge in [0.25, 0.3) is 0 Å². The van der Waals surface area contributed by atoms with Gasteiger partial charge in [-0.25, -0.2) is 0 Å². The summed E-state index contributed by atoms with van der Waals surface area (Å²) in [6, 6.07) is 1.39. The first-order valence-corrected chi connectivity index (χ1v) is 6.23. The normalized spacial score (nSPS) is 13.8. The van der Waals surface area contributed by atoms with Crippen LogP contribution in [0.15, 0.2) is 0 Å². The zero-order chi connectivity index (χ0) is 9.40. The minimum atomic E-state index is 0.667. The highest BCUT2D eigenvalue weighted by Crippen LogP contribution is 2.04. The van der Waals surface area contributed by atoms with Gasteiger partial charge in [-0.2, -0.15) is 11.8 Å². The van der Waals surface area contributed by atoms with E-state index in [-0.39, 0.29) is 0 Å². The van der Waals surface area contributed by atoms with E-state index in [1.165, 1.54) is 24.3 Å². The van der Waals surface area contributed by atoms with Crippen LogP contribution in [0.1, 0.15) is 40.5 Å². The van der Waals surface area contributed by atoms with Crippen LogP contribution in [0.4, 0.5) is 0 Å². The molecule has 0 fully saturated rings. The average molecular weight is 189 g/mol. The number of rotatable bonds is 7. The molecule has 0 aromatic rings. The molecule has 0 heterocycles. The van der Waals surface area contributed by atoms with Gasteiger partial charge in [0.2, 0.25) is 0 Å². The van der Waals surface area contributed by atoms with Crippen LogP contribution < -0.4 is 5.32 Å². The zero-order valence-electron chi connectivity index (χ0n) is 8.89. The first-order chi connectivity index (χ1) is 5.74. The van der Waals surface area contributed by atoms with Crippen LogP contribution in [-0.4, -0.2) is 23.6 Å². The minimum Gasteiger partial charge on any atom is -0.311 e. The fourth-order valence-corrected chi connectivity index (χ4v) is 1.95. The minimum absolute atomic E-state index is 0.667. The van der Waals surface area contributed by atoms with Crippen LogP contribution in [0, 0.1) is 0 Å². The molecule has 12 heavy (non-hydrogen) atoms. The summed E-state index contributed by atoms with van der Waals surface area (Å²) in [5.41, 5.74) is 0. The summed E-state index contributed by atoms with van der Waals surface area (Å²) in [6.07, 6.45) is 2.50. The summed E-state index contributed by atoms with van der Waals surface area (Å²) in [6.45, 7) is 9.00. The van der Waals surface area contributed by atoms with E-state index in [0.717, 1.165) is 6.04 Å². The molecule has 0 aliphatic heterocycles. The molecule has 1 atom stereocenters. The molecular formula is C10H23NS. The molecule has 0 bridgehead atoms. The van der Waals surface area contributed by atoms with Gasteiger partial charge in [0.15, 0.2) is 0 Å². The highest BCUT2D eigenvalue weighted by atomic mass is 32.2. The van der Waals surface area contributed by atoms with E-state index in [4.69, 9.17) is 0 Å². The van der Waals surface area contributed by atoms with Gasteiger partial charge < -0.3 is 5.32 Å². The summed E-state index contributed by atoms with van der Waals surface area (Å²) in [5, 5.41) is 3.63. The monoisotopic (exact) mass is 189 g/mol. The van der Waals surface area contributed by atoms with Crippen molar-refractivity contribution in [1.82, 2.24) is 5.32 Å². The standard InChI is InChI=1S/C10H23NS/c1-5-10(6-2)11-9(4)8-12-7-3/h9-11H,5-8H2,1-4H3. The Morgan fingerprint density at radius 1 is 1.17 bits per heavy atom. The highest BCUT2D eigenvalue weighted by molar-refractivity contribution is 7.99. The summed E-state index contributed by atoms with van der Waals surface area (Å²) in [7, 11) is 0. The van der Waals surface area contributed by atoms with Crippen LogP contribution >= 0.6 is 11.8 Å². The van der Waals surface area contributed by atoms with Gasteiger partial charge in [0.05, 0.1) is 0 Å². The Balaban J connectivity index is 3.44. The zero-order valence-corrected chi connectivity index (χ0v) is 9.71.